The van der Waals surface area contributed by atoms with Gasteiger partial charge in [-0.05, 0) is 57.8 Å². The lowest BCUT2D eigenvalue weighted by Gasteiger charge is -2.50. The quantitative estimate of drug-likeness (QED) is 0.0433. The van der Waals surface area contributed by atoms with Crippen LogP contribution >= 0.6 is 0 Å². The molecule has 0 aliphatic rings. The first-order valence-electron chi connectivity index (χ1n) is 17.4. The molecule has 7 heteroatoms. The van der Waals surface area contributed by atoms with Crippen molar-refractivity contribution in [3.8, 4) is 0 Å². The van der Waals surface area contributed by atoms with Gasteiger partial charge in [-0.15, -0.1) is 0 Å². The van der Waals surface area contributed by atoms with Crippen molar-refractivity contribution in [1.29, 1.82) is 0 Å². The lowest BCUT2D eigenvalue weighted by atomic mass is 9.91. The average Bonchev–Trinajstić information content (AvgIpc) is 2.95. The maximum absolute atomic E-state index is 12.6. The molecule has 0 heterocycles. The summed E-state index contributed by atoms with van der Waals surface area (Å²) in [6.45, 7) is 8.15. The Bertz CT molecular complexity index is 677. The molecule has 0 rings (SSSR count). The highest BCUT2D eigenvalue weighted by atomic mass is 16.4. The average molecular weight is 597 g/mol. The molecule has 0 radical (unpaired) electrons. The monoisotopic (exact) mass is 596 g/mol. The molecule has 0 aliphatic heterocycles. The molecule has 0 aromatic carbocycles. The smallest absolute Gasteiger partial charge is 0.362 e. The fraction of sp³-hybridized carbons (Fsp3) is 0.857. The van der Waals surface area contributed by atoms with Crippen LogP contribution in [0.2, 0.25) is 0 Å². The number of carbonyl (C=O) groups is 3. The standard InChI is InChI=1S/C35H65NO6/c1-5-9-10-11-12-13-14-15-16-17-18-19-20-21-22-23-24-25-29-36(30(26-6-2)33(37)38,31(27-7-3)34(39)40)32(28-8-4)35(41)42/h18-19,30-32H,5-17,20-29H2,1-4H3,(H2-,37,38,39,40,41,42)/p+1/b19-18+. The number of hydrogen-bond acceptors (Lipinski definition) is 3. The van der Waals surface area contributed by atoms with Gasteiger partial charge in [0.15, 0.2) is 18.1 Å². The molecule has 3 unspecified atom stereocenters. The summed E-state index contributed by atoms with van der Waals surface area (Å²) in [6, 6.07) is -3.15. The Balaban J connectivity index is 4.96. The first kappa shape index (κ1) is 40.1. The predicted octanol–water partition coefficient (Wildman–Crippen LogP) is 9.38. The van der Waals surface area contributed by atoms with E-state index in [0.29, 0.717) is 25.7 Å². The van der Waals surface area contributed by atoms with E-state index in [9.17, 15) is 29.7 Å². The lowest BCUT2D eigenvalue weighted by Crippen LogP contribution is -2.72. The summed E-state index contributed by atoms with van der Waals surface area (Å²) in [5.74, 6) is -3.26. The predicted molar refractivity (Wildman–Crippen MR) is 173 cm³/mol. The van der Waals surface area contributed by atoms with Crippen LogP contribution in [0.15, 0.2) is 12.2 Å². The van der Waals surface area contributed by atoms with Crippen LogP contribution in [0.5, 0.6) is 0 Å². The van der Waals surface area contributed by atoms with E-state index in [0.717, 1.165) is 38.5 Å². The van der Waals surface area contributed by atoms with Crippen molar-refractivity contribution in [1.82, 2.24) is 0 Å². The van der Waals surface area contributed by atoms with Crippen LogP contribution in [-0.4, -0.2) is 62.4 Å². The van der Waals surface area contributed by atoms with Crippen molar-refractivity contribution in [3.05, 3.63) is 12.2 Å². The van der Waals surface area contributed by atoms with E-state index in [2.05, 4.69) is 19.1 Å². The zero-order chi connectivity index (χ0) is 31.6. The fourth-order valence-corrected chi connectivity index (χ4v) is 6.63. The van der Waals surface area contributed by atoms with Crippen LogP contribution in [0.25, 0.3) is 0 Å². The zero-order valence-corrected chi connectivity index (χ0v) is 27.7. The van der Waals surface area contributed by atoms with E-state index in [-0.39, 0.29) is 30.3 Å². The Labute approximate surface area is 257 Å². The number of quaternary nitrogens is 1. The largest absolute Gasteiger partial charge is 0.477 e. The second-order valence-electron chi connectivity index (χ2n) is 12.3. The minimum absolute atomic E-state index is 0.266. The number of aliphatic carboxylic acids is 3. The van der Waals surface area contributed by atoms with Crippen LogP contribution < -0.4 is 0 Å². The highest BCUT2D eigenvalue weighted by Crippen LogP contribution is 2.34. The van der Waals surface area contributed by atoms with Crippen LogP contribution in [0.3, 0.4) is 0 Å². The molecule has 0 amide bonds. The highest BCUT2D eigenvalue weighted by molar-refractivity contribution is 5.78. The van der Waals surface area contributed by atoms with Gasteiger partial charge in [-0.2, -0.15) is 0 Å². The van der Waals surface area contributed by atoms with Gasteiger partial charge in [0, 0.05) is 19.3 Å². The third-order valence-corrected chi connectivity index (χ3v) is 8.84. The second kappa shape index (κ2) is 25.6. The lowest BCUT2D eigenvalue weighted by molar-refractivity contribution is -0.973. The minimum atomic E-state index is -1.09. The summed E-state index contributed by atoms with van der Waals surface area (Å²) in [5, 5.41) is 30.8. The van der Waals surface area contributed by atoms with Crippen LogP contribution in [0.1, 0.15) is 169 Å². The van der Waals surface area contributed by atoms with E-state index >= 15 is 0 Å². The SMILES string of the molecule is CCCCCCCCCCC/C=C/CCCCCCC[N+](C(CCC)C(=O)O)(C(CCC)C(=O)O)C(CCC)C(=O)O. The summed E-state index contributed by atoms with van der Waals surface area (Å²) in [4.78, 5) is 37.7. The topological polar surface area (TPSA) is 112 Å². The Hall–Kier alpha value is -1.89. The van der Waals surface area contributed by atoms with Gasteiger partial charge in [-0.25, -0.2) is 14.4 Å². The van der Waals surface area contributed by atoms with Gasteiger partial charge < -0.3 is 15.3 Å². The summed E-state index contributed by atoms with van der Waals surface area (Å²) >= 11 is 0. The Morgan fingerprint density at radius 2 is 0.786 bits per heavy atom. The first-order chi connectivity index (χ1) is 20.2. The molecular formula is C35H66NO6+. The normalized spacial score (nSPS) is 15.3. The Kier molecular flexibility index (Phi) is 24.4. The molecule has 0 saturated heterocycles. The zero-order valence-electron chi connectivity index (χ0n) is 27.7. The fourth-order valence-electron chi connectivity index (χ4n) is 6.63. The maximum atomic E-state index is 12.6. The Morgan fingerprint density at radius 3 is 1.10 bits per heavy atom. The van der Waals surface area contributed by atoms with E-state index in [4.69, 9.17) is 0 Å². The number of allylic oxidation sites excluding steroid dienone is 2. The van der Waals surface area contributed by atoms with E-state index in [1.165, 1.54) is 57.8 Å². The first-order valence-corrected chi connectivity index (χ1v) is 17.4. The molecule has 246 valence electrons. The molecule has 42 heavy (non-hydrogen) atoms. The molecule has 0 aromatic rings. The van der Waals surface area contributed by atoms with Gasteiger partial charge in [0.05, 0.1) is 6.54 Å². The molecule has 0 bridgehead atoms. The molecule has 0 spiro atoms. The number of rotatable bonds is 30. The van der Waals surface area contributed by atoms with E-state index < -0.39 is 36.0 Å². The van der Waals surface area contributed by atoms with Crippen LogP contribution in [-0.2, 0) is 14.4 Å². The number of carboxylic acids is 3. The van der Waals surface area contributed by atoms with Gasteiger partial charge in [0.25, 0.3) is 0 Å². The molecule has 0 saturated carbocycles. The molecule has 7 nitrogen and oxygen atoms in total. The van der Waals surface area contributed by atoms with Gasteiger partial charge in [-0.1, -0.05) is 104 Å². The molecule has 3 atom stereocenters. The summed E-state index contributed by atoms with van der Waals surface area (Å²) in [5.41, 5.74) is 0. The molecule has 0 aliphatic carbocycles. The van der Waals surface area contributed by atoms with Gasteiger partial charge in [-0.3, -0.25) is 4.48 Å². The minimum Gasteiger partial charge on any atom is -0.477 e. The van der Waals surface area contributed by atoms with Gasteiger partial charge in [0.2, 0.25) is 0 Å². The third-order valence-electron chi connectivity index (χ3n) is 8.84. The van der Waals surface area contributed by atoms with Crippen molar-refractivity contribution < 1.29 is 34.2 Å². The summed E-state index contributed by atoms with van der Waals surface area (Å²) in [6.07, 6.45) is 26.0. The van der Waals surface area contributed by atoms with Crippen molar-refractivity contribution >= 4 is 17.9 Å². The molecule has 0 fully saturated rings. The number of nitrogens with zero attached hydrogens (tertiary/aromatic N) is 1. The van der Waals surface area contributed by atoms with Gasteiger partial charge >= 0.3 is 17.9 Å². The van der Waals surface area contributed by atoms with Crippen LogP contribution in [0.4, 0.5) is 0 Å². The molecule has 0 aromatic heterocycles. The van der Waals surface area contributed by atoms with E-state index in [1.54, 1.807) is 0 Å². The maximum Gasteiger partial charge on any atom is 0.362 e. The number of carboxylic acid groups (broad SMARTS) is 3. The Morgan fingerprint density at radius 1 is 0.476 bits per heavy atom. The summed E-state index contributed by atoms with van der Waals surface area (Å²) < 4.78 is -0.378. The van der Waals surface area contributed by atoms with Crippen molar-refractivity contribution in [2.75, 3.05) is 6.54 Å². The van der Waals surface area contributed by atoms with Crippen molar-refractivity contribution in [2.24, 2.45) is 0 Å². The summed E-state index contributed by atoms with van der Waals surface area (Å²) in [7, 11) is 0. The van der Waals surface area contributed by atoms with E-state index in [1.807, 2.05) is 20.8 Å². The third kappa shape index (κ3) is 15.5. The van der Waals surface area contributed by atoms with Crippen LogP contribution in [0, 0.1) is 0 Å². The van der Waals surface area contributed by atoms with Gasteiger partial charge in [0.1, 0.15) is 0 Å². The van der Waals surface area contributed by atoms with Crippen molar-refractivity contribution in [3.63, 3.8) is 0 Å². The van der Waals surface area contributed by atoms with Crippen molar-refractivity contribution in [2.45, 2.75) is 187 Å². The number of unbranched alkanes of at least 4 members (excludes halogenated alkanes) is 14. The molecule has 3 N–H and O–H groups in total. The highest BCUT2D eigenvalue weighted by Gasteiger charge is 2.56. The second-order valence-corrected chi connectivity index (χ2v) is 12.3. The number of hydrogen-bond donors (Lipinski definition) is 3. The molecular weight excluding hydrogens is 530 g/mol.